The normalized spacial score (nSPS) is 17.8. The van der Waals surface area contributed by atoms with Crippen molar-refractivity contribution in [2.75, 3.05) is 26.9 Å². The van der Waals surface area contributed by atoms with Gasteiger partial charge in [0.05, 0.1) is 25.7 Å². The fourth-order valence-corrected chi connectivity index (χ4v) is 2.98. The Hall–Kier alpha value is -0.140. The molecule has 0 aliphatic heterocycles. The molecular formula is C17H29NaO6. The van der Waals surface area contributed by atoms with Crippen molar-refractivity contribution in [2.24, 2.45) is 11.3 Å². The van der Waals surface area contributed by atoms with Crippen molar-refractivity contribution in [3.63, 3.8) is 0 Å². The van der Waals surface area contributed by atoms with Gasteiger partial charge in [0.15, 0.2) is 0 Å². The summed E-state index contributed by atoms with van der Waals surface area (Å²) in [6, 6.07) is 0. The van der Waals surface area contributed by atoms with Crippen LogP contribution in [0.2, 0.25) is 0 Å². The maximum atomic E-state index is 12.4. The number of carbonyl (C=O) groups excluding carboxylic acids is 2. The van der Waals surface area contributed by atoms with Crippen LogP contribution in [0.4, 0.5) is 0 Å². The molecule has 1 saturated carbocycles. The Morgan fingerprint density at radius 3 is 2.21 bits per heavy atom. The van der Waals surface area contributed by atoms with E-state index in [1.807, 2.05) is 0 Å². The second-order valence-corrected chi connectivity index (χ2v) is 7.28. The monoisotopic (exact) mass is 352 g/mol. The number of esters is 1. The quantitative estimate of drug-likeness (QED) is 0.280. The Morgan fingerprint density at radius 1 is 1.17 bits per heavy atom. The van der Waals surface area contributed by atoms with Gasteiger partial charge >= 0.3 is 35.5 Å². The smallest absolute Gasteiger partial charge is 0.550 e. The van der Waals surface area contributed by atoms with E-state index >= 15 is 0 Å². The van der Waals surface area contributed by atoms with Crippen LogP contribution in [0.25, 0.3) is 0 Å². The van der Waals surface area contributed by atoms with Gasteiger partial charge in [-0.15, -0.1) is 0 Å². The van der Waals surface area contributed by atoms with Gasteiger partial charge in [0.25, 0.3) is 0 Å². The summed E-state index contributed by atoms with van der Waals surface area (Å²) in [6.07, 6.45) is 3.00. The number of ether oxygens (including phenoxy) is 3. The molecule has 1 rings (SSSR count). The second-order valence-electron chi connectivity index (χ2n) is 7.28. The molecule has 1 atom stereocenters. The van der Waals surface area contributed by atoms with Gasteiger partial charge in [-0.25, -0.2) is 0 Å². The van der Waals surface area contributed by atoms with Crippen molar-refractivity contribution in [1.29, 1.82) is 0 Å². The molecular weight excluding hydrogens is 323 g/mol. The van der Waals surface area contributed by atoms with Gasteiger partial charge in [-0.05, 0) is 40.0 Å². The Balaban J connectivity index is 0.00000529. The number of methoxy groups -OCH3 is 1. The zero-order valence-corrected chi connectivity index (χ0v) is 17.7. The molecule has 1 aliphatic carbocycles. The van der Waals surface area contributed by atoms with E-state index in [0.29, 0.717) is 26.1 Å². The molecule has 0 amide bonds. The summed E-state index contributed by atoms with van der Waals surface area (Å²) < 4.78 is 15.8. The zero-order valence-electron chi connectivity index (χ0n) is 15.7. The minimum absolute atomic E-state index is 0. The molecule has 0 aromatic heterocycles. The fraction of sp³-hybridized carbons (Fsp3) is 0.882. The van der Waals surface area contributed by atoms with E-state index in [-0.39, 0.29) is 42.6 Å². The summed E-state index contributed by atoms with van der Waals surface area (Å²) in [6.45, 7) is 6.28. The molecule has 24 heavy (non-hydrogen) atoms. The van der Waals surface area contributed by atoms with E-state index in [1.54, 1.807) is 27.9 Å². The topological polar surface area (TPSA) is 84.9 Å². The van der Waals surface area contributed by atoms with Crippen LogP contribution in [0, 0.1) is 11.3 Å². The van der Waals surface area contributed by atoms with Crippen LogP contribution < -0.4 is 34.7 Å². The number of carboxylic acid groups (broad SMARTS) is 1. The molecule has 0 saturated heterocycles. The zero-order chi connectivity index (χ0) is 17.5. The first-order chi connectivity index (χ1) is 10.7. The van der Waals surface area contributed by atoms with Crippen molar-refractivity contribution >= 4 is 11.9 Å². The summed E-state index contributed by atoms with van der Waals surface area (Å²) in [4.78, 5) is 24.0. The number of carboxylic acids is 1. The molecule has 0 unspecified atom stereocenters. The summed E-state index contributed by atoms with van der Waals surface area (Å²) in [7, 11) is 1.57. The number of carbonyl (C=O) groups is 2. The van der Waals surface area contributed by atoms with Crippen molar-refractivity contribution in [2.45, 2.75) is 58.5 Å². The van der Waals surface area contributed by atoms with E-state index in [9.17, 15) is 14.7 Å². The van der Waals surface area contributed by atoms with Crippen LogP contribution in [-0.2, 0) is 23.8 Å². The largest absolute Gasteiger partial charge is 1.00 e. The van der Waals surface area contributed by atoms with Crippen molar-refractivity contribution < 1.29 is 58.5 Å². The molecule has 0 radical (unpaired) electrons. The number of aliphatic carboxylic acids is 1. The molecule has 0 bridgehead atoms. The Bertz CT molecular complexity index is 398. The molecule has 1 aliphatic rings. The first-order valence-corrected chi connectivity index (χ1v) is 8.21. The van der Waals surface area contributed by atoms with E-state index in [4.69, 9.17) is 14.2 Å². The average Bonchev–Trinajstić information content (AvgIpc) is 2.90. The molecule has 0 N–H and O–H groups in total. The first kappa shape index (κ1) is 23.9. The van der Waals surface area contributed by atoms with Crippen molar-refractivity contribution in [3.8, 4) is 0 Å². The van der Waals surface area contributed by atoms with E-state index in [0.717, 1.165) is 12.8 Å². The molecule has 0 aromatic rings. The SMILES string of the molecule is COCCOC[C@H](CC1(C(=O)[O-])CCCC1)C(=O)OC(C)(C)C.[Na+]. The van der Waals surface area contributed by atoms with Gasteiger partial charge in [0, 0.05) is 18.5 Å². The number of hydrogen-bond acceptors (Lipinski definition) is 6. The first-order valence-electron chi connectivity index (χ1n) is 8.21. The van der Waals surface area contributed by atoms with Crippen LogP contribution in [-0.4, -0.2) is 44.5 Å². The van der Waals surface area contributed by atoms with E-state index < -0.39 is 28.9 Å². The van der Waals surface area contributed by atoms with E-state index in [1.165, 1.54) is 0 Å². The van der Waals surface area contributed by atoms with Crippen LogP contribution in [0.5, 0.6) is 0 Å². The third-order valence-corrected chi connectivity index (χ3v) is 4.12. The van der Waals surface area contributed by atoms with Crippen molar-refractivity contribution in [3.05, 3.63) is 0 Å². The second kappa shape index (κ2) is 10.8. The maximum Gasteiger partial charge on any atom is 1.00 e. The van der Waals surface area contributed by atoms with Crippen molar-refractivity contribution in [1.82, 2.24) is 0 Å². The van der Waals surface area contributed by atoms with Crippen LogP contribution in [0.15, 0.2) is 0 Å². The summed E-state index contributed by atoms with van der Waals surface area (Å²) in [5, 5.41) is 11.6. The van der Waals surface area contributed by atoms with Gasteiger partial charge in [-0.1, -0.05) is 12.8 Å². The van der Waals surface area contributed by atoms with Crippen LogP contribution >= 0.6 is 0 Å². The predicted octanol–water partition coefficient (Wildman–Crippen LogP) is -1.69. The summed E-state index contributed by atoms with van der Waals surface area (Å²) in [5.74, 6) is -2.09. The fourth-order valence-electron chi connectivity index (χ4n) is 2.98. The van der Waals surface area contributed by atoms with E-state index in [2.05, 4.69) is 0 Å². The molecule has 6 nitrogen and oxygen atoms in total. The summed E-state index contributed by atoms with van der Waals surface area (Å²) >= 11 is 0. The molecule has 0 aromatic carbocycles. The van der Waals surface area contributed by atoms with Gasteiger partial charge in [-0.3, -0.25) is 4.79 Å². The van der Waals surface area contributed by atoms with Crippen LogP contribution in [0.1, 0.15) is 52.9 Å². The maximum absolute atomic E-state index is 12.4. The van der Waals surface area contributed by atoms with Gasteiger partial charge in [0.2, 0.25) is 0 Å². The van der Waals surface area contributed by atoms with Gasteiger partial charge in [-0.2, -0.15) is 0 Å². The minimum atomic E-state index is -1.07. The molecule has 0 spiro atoms. The molecule has 1 fully saturated rings. The summed E-state index contributed by atoms with van der Waals surface area (Å²) in [5.41, 5.74) is -1.56. The van der Waals surface area contributed by atoms with Gasteiger partial charge < -0.3 is 24.1 Å². The Morgan fingerprint density at radius 2 is 1.75 bits per heavy atom. The Kier molecular flexibility index (Phi) is 10.7. The predicted molar refractivity (Wildman–Crippen MR) is 82.6 cm³/mol. The molecule has 7 heteroatoms. The molecule has 0 heterocycles. The third kappa shape index (κ3) is 7.83. The number of hydrogen-bond donors (Lipinski definition) is 0. The minimum Gasteiger partial charge on any atom is -0.550 e. The Labute approximate surface area is 166 Å². The van der Waals surface area contributed by atoms with Gasteiger partial charge in [0.1, 0.15) is 5.60 Å². The standard InChI is InChI=1S/C17H30O6.Na/c1-16(2,3)23-14(18)13(12-22-10-9-21-4)11-17(15(19)20)7-5-6-8-17;/h13H,5-12H2,1-4H3,(H,19,20);/q;+1/p-1/t13-;/m0./s1. The third-order valence-electron chi connectivity index (χ3n) is 4.12. The van der Waals surface area contributed by atoms with Crippen LogP contribution in [0.3, 0.4) is 0 Å². The average molecular weight is 352 g/mol. The molecule has 134 valence electrons. The number of rotatable bonds is 9.